The number of thioether (sulfide) groups is 1. The quantitative estimate of drug-likeness (QED) is 0.0474. The fraction of sp³-hybridized carbons (Fsp3) is 0.432. The summed E-state index contributed by atoms with van der Waals surface area (Å²) in [6, 6.07) is 20.8. The number of fused-ring (bicyclic) bond motifs is 2. The summed E-state index contributed by atoms with van der Waals surface area (Å²) in [5, 5.41) is 27.0. The van der Waals surface area contributed by atoms with E-state index >= 15 is 0 Å². The zero-order valence-corrected chi connectivity index (χ0v) is 32.5. The van der Waals surface area contributed by atoms with Gasteiger partial charge in [-0.3, -0.25) is 9.59 Å². The van der Waals surface area contributed by atoms with Crippen LogP contribution in [-0.2, 0) is 14.4 Å². The van der Waals surface area contributed by atoms with Gasteiger partial charge in [0, 0.05) is 54.2 Å². The van der Waals surface area contributed by atoms with E-state index in [0.717, 1.165) is 53.7 Å². The van der Waals surface area contributed by atoms with E-state index in [2.05, 4.69) is 24.0 Å². The van der Waals surface area contributed by atoms with Crippen molar-refractivity contribution in [2.45, 2.75) is 80.6 Å². The molecule has 1 amide bonds. The smallest absolute Gasteiger partial charge is 0.231 e. The molecule has 3 aliphatic rings. The number of allylic oxidation sites excluding steroid dienone is 1. The Bertz CT molecular complexity index is 1860. The standard InChI is InChI=1S/C44H52N2O8S/c1-4-23-51-44-41(55-35-18-15-32(16-19-35)45-29(3)50)27-39(46-52-5-2)37-25-31(12-6-8-21-47)36(14-7-9-22-48)42(43(37)44)38-26-34(17-20-40(38)54-44)53-33-13-10-11-30(24-33)28-49/h4,10-11,13,15-20,24-26,28,31,36,41-43,47-48H,1,5-9,12,14,21-23,27H2,2-3H3,(H,45,50)/t31-,36+,41-,42+,43+,44+/m0/s1. The van der Waals surface area contributed by atoms with Gasteiger partial charge in [-0.1, -0.05) is 42.3 Å². The van der Waals surface area contributed by atoms with Crippen molar-refractivity contribution in [1.29, 1.82) is 0 Å². The number of nitrogens with zero attached hydrogens (tertiary/aromatic N) is 1. The second-order valence-corrected chi connectivity index (χ2v) is 15.6. The molecule has 6 rings (SSSR count). The molecule has 0 saturated heterocycles. The number of unbranched alkanes of at least 4 members (excludes halogenated alkanes) is 2. The molecular weight excluding hydrogens is 717 g/mol. The van der Waals surface area contributed by atoms with Crippen molar-refractivity contribution in [3.63, 3.8) is 0 Å². The van der Waals surface area contributed by atoms with E-state index in [1.54, 1.807) is 36.0 Å². The highest BCUT2D eigenvalue weighted by Gasteiger charge is 2.64. The van der Waals surface area contributed by atoms with Gasteiger partial charge in [0.05, 0.1) is 23.5 Å². The van der Waals surface area contributed by atoms with Crippen molar-refractivity contribution < 1.29 is 38.9 Å². The number of rotatable bonds is 19. The van der Waals surface area contributed by atoms with E-state index in [0.29, 0.717) is 54.4 Å². The Morgan fingerprint density at radius 3 is 2.51 bits per heavy atom. The van der Waals surface area contributed by atoms with Crippen LogP contribution in [0, 0.1) is 17.8 Å². The van der Waals surface area contributed by atoms with Crippen molar-refractivity contribution in [3.05, 3.63) is 102 Å². The summed E-state index contributed by atoms with van der Waals surface area (Å²) in [6.45, 7) is 8.35. The SMILES string of the molecule is C=CCO[C@@]12Oc3ccc(Oc4cccc(C=O)c4)cc3[C@H]3[C@H](CCCCO)[C@@H](CCCCO)C=C(C(=NOCC)C[C@@H]1Sc1ccc(NC(C)=O)cc1)[C@H]32. The minimum Gasteiger partial charge on any atom is -0.460 e. The molecule has 0 radical (unpaired) electrons. The lowest BCUT2D eigenvalue weighted by atomic mass is 9.56. The van der Waals surface area contributed by atoms with Crippen LogP contribution >= 0.6 is 11.8 Å². The summed E-state index contributed by atoms with van der Waals surface area (Å²) >= 11 is 1.65. The second kappa shape index (κ2) is 18.9. The molecule has 0 bridgehead atoms. The molecule has 3 aromatic rings. The first-order chi connectivity index (χ1) is 26.8. The first kappa shape index (κ1) is 40.2. The third-order valence-electron chi connectivity index (χ3n) is 10.6. The van der Waals surface area contributed by atoms with Gasteiger partial charge in [0.15, 0.2) is 0 Å². The molecule has 1 saturated carbocycles. The first-order valence-corrected chi connectivity index (χ1v) is 20.2. The van der Waals surface area contributed by atoms with Gasteiger partial charge in [-0.05, 0) is 105 Å². The van der Waals surface area contributed by atoms with Crippen LogP contribution in [0.1, 0.15) is 80.6 Å². The molecule has 2 aliphatic carbocycles. The van der Waals surface area contributed by atoms with Crippen LogP contribution in [0.4, 0.5) is 5.69 Å². The van der Waals surface area contributed by atoms with Gasteiger partial charge in [-0.2, -0.15) is 0 Å². The first-order valence-electron chi connectivity index (χ1n) is 19.3. The average molecular weight is 769 g/mol. The molecule has 1 fully saturated rings. The Labute approximate surface area is 328 Å². The molecule has 3 aromatic carbocycles. The molecule has 3 N–H and O–H groups in total. The number of aldehydes is 1. The number of amides is 1. The van der Waals surface area contributed by atoms with Crippen molar-refractivity contribution in [2.24, 2.45) is 22.9 Å². The Morgan fingerprint density at radius 1 is 1.04 bits per heavy atom. The lowest BCUT2D eigenvalue weighted by Gasteiger charge is -2.58. The van der Waals surface area contributed by atoms with Gasteiger partial charge >= 0.3 is 0 Å². The maximum atomic E-state index is 11.7. The third-order valence-corrected chi connectivity index (χ3v) is 11.9. The van der Waals surface area contributed by atoms with E-state index in [1.165, 1.54) is 6.92 Å². The monoisotopic (exact) mass is 768 g/mol. The zero-order chi connectivity index (χ0) is 38.8. The highest BCUT2D eigenvalue weighted by molar-refractivity contribution is 8.00. The molecular formula is C44H52N2O8S. The van der Waals surface area contributed by atoms with Crippen LogP contribution in [0.2, 0.25) is 0 Å². The fourth-order valence-electron chi connectivity index (χ4n) is 8.40. The molecule has 55 heavy (non-hydrogen) atoms. The molecule has 292 valence electrons. The van der Waals surface area contributed by atoms with Crippen molar-refractivity contribution in [2.75, 3.05) is 31.7 Å². The number of nitrogens with one attached hydrogen (secondary N) is 1. The Hall–Kier alpha value is -4.42. The van der Waals surface area contributed by atoms with Gasteiger partial charge in [-0.25, -0.2) is 0 Å². The number of hydrogen-bond acceptors (Lipinski definition) is 10. The summed E-state index contributed by atoms with van der Waals surface area (Å²) in [5.41, 5.74) is 4.14. The van der Waals surface area contributed by atoms with Crippen LogP contribution in [0.5, 0.6) is 17.2 Å². The zero-order valence-electron chi connectivity index (χ0n) is 31.7. The summed E-state index contributed by atoms with van der Waals surface area (Å²) in [5.74, 6) is 0.487. The van der Waals surface area contributed by atoms with Crippen LogP contribution in [0.3, 0.4) is 0 Å². The van der Waals surface area contributed by atoms with Crippen LogP contribution in [0.25, 0.3) is 0 Å². The van der Waals surface area contributed by atoms with E-state index < -0.39 is 5.79 Å². The number of oxime groups is 1. The highest BCUT2D eigenvalue weighted by Crippen LogP contribution is 2.63. The predicted molar refractivity (Wildman–Crippen MR) is 215 cm³/mol. The van der Waals surface area contributed by atoms with E-state index in [9.17, 15) is 19.8 Å². The number of benzene rings is 3. The van der Waals surface area contributed by atoms with Gasteiger partial charge in [0.25, 0.3) is 0 Å². The molecule has 0 aromatic heterocycles. The minimum absolute atomic E-state index is 0.103. The molecule has 1 aliphatic heterocycles. The molecule has 1 heterocycles. The van der Waals surface area contributed by atoms with E-state index in [4.69, 9.17) is 24.2 Å². The van der Waals surface area contributed by atoms with Crippen molar-refractivity contribution >= 4 is 35.4 Å². The number of carbonyl (C=O) groups is 2. The molecule has 0 spiro atoms. The maximum Gasteiger partial charge on any atom is 0.231 e. The van der Waals surface area contributed by atoms with Crippen molar-refractivity contribution in [1.82, 2.24) is 0 Å². The summed E-state index contributed by atoms with van der Waals surface area (Å²) in [4.78, 5) is 30.1. The maximum absolute atomic E-state index is 11.7. The summed E-state index contributed by atoms with van der Waals surface area (Å²) < 4.78 is 20.7. The van der Waals surface area contributed by atoms with Crippen LogP contribution in [-0.4, -0.2) is 65.6 Å². The van der Waals surface area contributed by atoms with Gasteiger partial charge in [0.1, 0.15) is 30.1 Å². The van der Waals surface area contributed by atoms with E-state index in [-0.39, 0.29) is 54.6 Å². The average Bonchev–Trinajstić information content (AvgIpc) is 3.19. The predicted octanol–water partition coefficient (Wildman–Crippen LogP) is 8.70. The van der Waals surface area contributed by atoms with Gasteiger partial charge in [0.2, 0.25) is 11.7 Å². The fourth-order valence-corrected chi connectivity index (χ4v) is 9.69. The topological polar surface area (TPSA) is 136 Å². The minimum atomic E-state index is -1.14. The second-order valence-electron chi connectivity index (χ2n) is 14.3. The number of hydrogen-bond donors (Lipinski definition) is 3. The lowest BCUT2D eigenvalue weighted by Crippen LogP contribution is -2.64. The number of carbonyl (C=O) groups excluding carboxylic acids is 2. The van der Waals surface area contributed by atoms with Gasteiger partial charge in [-0.15, -0.1) is 18.3 Å². The number of ether oxygens (including phenoxy) is 3. The third kappa shape index (κ3) is 9.18. The van der Waals surface area contributed by atoms with Crippen molar-refractivity contribution in [3.8, 4) is 17.2 Å². The number of anilines is 1. The molecule has 10 nitrogen and oxygen atoms in total. The number of aliphatic hydroxyl groups is 2. The van der Waals surface area contributed by atoms with Crippen LogP contribution < -0.4 is 14.8 Å². The number of aliphatic hydroxyl groups excluding tert-OH is 2. The summed E-state index contributed by atoms with van der Waals surface area (Å²) in [7, 11) is 0. The Morgan fingerprint density at radius 2 is 1.80 bits per heavy atom. The lowest BCUT2D eigenvalue weighted by molar-refractivity contribution is -0.223. The van der Waals surface area contributed by atoms with Gasteiger partial charge < -0.3 is 34.6 Å². The largest absolute Gasteiger partial charge is 0.460 e. The molecule has 11 heteroatoms. The van der Waals surface area contributed by atoms with Crippen LogP contribution in [0.15, 0.2) is 101 Å². The Balaban J connectivity index is 1.53. The molecule has 6 atom stereocenters. The molecule has 0 unspecified atom stereocenters. The normalized spacial score (nSPS) is 24.5. The Kier molecular flexibility index (Phi) is 13.9. The summed E-state index contributed by atoms with van der Waals surface area (Å²) in [6.07, 6.45) is 10.3. The van der Waals surface area contributed by atoms with E-state index in [1.807, 2.05) is 49.4 Å². The highest BCUT2D eigenvalue weighted by atomic mass is 32.2.